The van der Waals surface area contributed by atoms with Crippen LogP contribution >= 0.6 is 0 Å². The second kappa shape index (κ2) is 10.9. The highest BCUT2D eigenvalue weighted by atomic mass is 16.1. The van der Waals surface area contributed by atoms with E-state index in [1.165, 1.54) is 54.5 Å². The third-order valence-electron chi connectivity index (χ3n) is 7.58. The van der Waals surface area contributed by atoms with Crippen LogP contribution in [0.1, 0.15) is 101 Å². The average molecular weight is 480 g/mol. The zero-order chi connectivity index (χ0) is 26.0. The van der Waals surface area contributed by atoms with Crippen molar-refractivity contribution in [2.75, 3.05) is 27.2 Å². The van der Waals surface area contributed by atoms with E-state index in [0.717, 1.165) is 24.3 Å². The Labute approximate surface area is 214 Å². The van der Waals surface area contributed by atoms with Crippen molar-refractivity contribution in [3.8, 4) is 11.3 Å². The van der Waals surface area contributed by atoms with Crippen LogP contribution in [0.3, 0.4) is 0 Å². The van der Waals surface area contributed by atoms with Gasteiger partial charge in [-0.25, -0.2) is 0 Å². The standard InChI is InChI=1S/C31H49N3O/c1-22-27(29(35)32-15-16-33(8)9)20-28(34(22)21-23-13-11-10-12-14-23)24-17-25(30(2,3)4)19-26(18-24)31(5,6)7/h17-20,23H,10-16,21H2,1-9H3,(H,32,35). The molecule has 1 N–H and O–H groups in total. The summed E-state index contributed by atoms with van der Waals surface area (Å²) < 4.78 is 2.45. The highest BCUT2D eigenvalue weighted by Gasteiger charge is 2.25. The fourth-order valence-corrected chi connectivity index (χ4v) is 5.11. The van der Waals surface area contributed by atoms with Gasteiger partial charge in [0.05, 0.1) is 5.56 Å². The van der Waals surface area contributed by atoms with Crippen LogP contribution < -0.4 is 5.32 Å². The van der Waals surface area contributed by atoms with Crippen LogP contribution in [-0.4, -0.2) is 42.6 Å². The Morgan fingerprint density at radius 3 is 2.03 bits per heavy atom. The Balaban J connectivity index is 2.10. The summed E-state index contributed by atoms with van der Waals surface area (Å²) in [5.41, 5.74) is 7.12. The summed E-state index contributed by atoms with van der Waals surface area (Å²) in [5, 5.41) is 3.14. The van der Waals surface area contributed by atoms with Crippen molar-refractivity contribution >= 4 is 5.91 Å². The van der Waals surface area contributed by atoms with E-state index >= 15 is 0 Å². The molecule has 0 atom stereocenters. The van der Waals surface area contributed by atoms with Crippen LogP contribution in [0.2, 0.25) is 0 Å². The Morgan fingerprint density at radius 2 is 1.51 bits per heavy atom. The number of likely N-dealkylation sites (N-methyl/N-ethyl adjacent to an activating group) is 1. The number of rotatable bonds is 7. The molecule has 1 aliphatic rings. The molecule has 0 aliphatic heterocycles. The Hall–Kier alpha value is -2.07. The zero-order valence-electron chi connectivity index (χ0n) is 23.8. The molecule has 4 heteroatoms. The number of hydrogen-bond donors (Lipinski definition) is 1. The van der Waals surface area contributed by atoms with Crippen molar-refractivity contribution in [3.63, 3.8) is 0 Å². The van der Waals surface area contributed by atoms with E-state index in [1.54, 1.807) is 0 Å². The van der Waals surface area contributed by atoms with Gasteiger partial charge < -0.3 is 14.8 Å². The summed E-state index contributed by atoms with van der Waals surface area (Å²) in [7, 11) is 4.07. The van der Waals surface area contributed by atoms with E-state index in [1.807, 2.05) is 14.1 Å². The minimum absolute atomic E-state index is 0.0380. The molecule has 3 rings (SSSR count). The molecule has 1 aliphatic carbocycles. The van der Waals surface area contributed by atoms with Crippen LogP contribution in [0.25, 0.3) is 11.3 Å². The predicted octanol–water partition coefficient (Wildman–Crippen LogP) is 6.93. The van der Waals surface area contributed by atoms with Crippen LogP contribution in [0.4, 0.5) is 0 Å². The number of nitrogens with one attached hydrogen (secondary N) is 1. The van der Waals surface area contributed by atoms with Gasteiger partial charge in [-0.15, -0.1) is 0 Å². The fourth-order valence-electron chi connectivity index (χ4n) is 5.11. The monoisotopic (exact) mass is 479 g/mol. The van der Waals surface area contributed by atoms with Crippen molar-refractivity contribution in [1.82, 2.24) is 14.8 Å². The van der Waals surface area contributed by atoms with E-state index in [0.29, 0.717) is 12.5 Å². The third-order valence-corrected chi connectivity index (χ3v) is 7.58. The van der Waals surface area contributed by atoms with Crippen LogP contribution in [0.15, 0.2) is 24.3 Å². The summed E-state index contributed by atoms with van der Waals surface area (Å²) in [4.78, 5) is 15.3. The lowest BCUT2D eigenvalue weighted by Crippen LogP contribution is -2.31. The lowest BCUT2D eigenvalue weighted by Gasteiger charge is -2.27. The molecule has 35 heavy (non-hydrogen) atoms. The van der Waals surface area contributed by atoms with E-state index in [4.69, 9.17) is 0 Å². The number of carbonyl (C=O) groups excluding carboxylic acids is 1. The van der Waals surface area contributed by atoms with Gasteiger partial charge in [-0.3, -0.25) is 4.79 Å². The van der Waals surface area contributed by atoms with E-state index < -0.39 is 0 Å². The molecule has 194 valence electrons. The van der Waals surface area contributed by atoms with Crippen LogP contribution in [0, 0.1) is 12.8 Å². The Kier molecular flexibility index (Phi) is 8.57. The molecule has 1 amide bonds. The van der Waals surface area contributed by atoms with Gasteiger partial charge in [0, 0.05) is 31.0 Å². The Morgan fingerprint density at radius 1 is 0.943 bits per heavy atom. The number of benzene rings is 1. The molecule has 1 aromatic carbocycles. The summed E-state index contributed by atoms with van der Waals surface area (Å²) in [6.07, 6.45) is 6.58. The van der Waals surface area contributed by atoms with Gasteiger partial charge in [-0.2, -0.15) is 0 Å². The van der Waals surface area contributed by atoms with Crippen molar-refractivity contribution in [3.05, 3.63) is 46.6 Å². The minimum Gasteiger partial charge on any atom is -0.351 e. The SMILES string of the molecule is Cc1c(C(=O)NCCN(C)C)cc(-c2cc(C(C)(C)C)cc(C(C)(C)C)c2)n1CC1CCCCC1. The maximum Gasteiger partial charge on any atom is 0.253 e. The average Bonchev–Trinajstić information content (AvgIpc) is 3.09. The topological polar surface area (TPSA) is 37.3 Å². The second-order valence-corrected chi connectivity index (χ2v) is 13.0. The van der Waals surface area contributed by atoms with Gasteiger partial charge in [-0.05, 0) is 85.5 Å². The molecule has 0 radical (unpaired) electrons. The molecule has 1 fully saturated rings. The molecule has 0 saturated heterocycles. The van der Waals surface area contributed by atoms with Gasteiger partial charge in [0.1, 0.15) is 0 Å². The molecule has 1 aromatic heterocycles. The maximum atomic E-state index is 13.2. The number of hydrogen-bond acceptors (Lipinski definition) is 2. The first-order chi connectivity index (χ1) is 16.3. The minimum atomic E-state index is 0.0380. The molecule has 2 aromatic rings. The highest BCUT2D eigenvalue weighted by molar-refractivity contribution is 5.97. The molecule has 1 heterocycles. The van der Waals surface area contributed by atoms with Crippen LogP contribution in [-0.2, 0) is 17.4 Å². The third kappa shape index (κ3) is 7.00. The predicted molar refractivity (Wildman–Crippen MR) is 149 cm³/mol. The van der Waals surface area contributed by atoms with Gasteiger partial charge in [-0.1, -0.05) is 66.9 Å². The second-order valence-electron chi connectivity index (χ2n) is 13.0. The maximum absolute atomic E-state index is 13.2. The van der Waals surface area contributed by atoms with Gasteiger partial charge >= 0.3 is 0 Å². The molecular formula is C31H49N3O. The van der Waals surface area contributed by atoms with Gasteiger partial charge in [0.2, 0.25) is 0 Å². The molecule has 0 spiro atoms. The van der Waals surface area contributed by atoms with Crippen molar-refractivity contribution in [1.29, 1.82) is 0 Å². The van der Waals surface area contributed by atoms with Gasteiger partial charge in [0.25, 0.3) is 5.91 Å². The van der Waals surface area contributed by atoms with Gasteiger partial charge in [0.15, 0.2) is 0 Å². The number of nitrogens with zero attached hydrogens (tertiary/aromatic N) is 2. The Bertz CT molecular complexity index is 979. The first-order valence-electron chi connectivity index (χ1n) is 13.6. The fraction of sp³-hybridized carbons (Fsp3) is 0.645. The largest absolute Gasteiger partial charge is 0.351 e. The van der Waals surface area contributed by atoms with E-state index in [2.05, 4.69) is 87.5 Å². The van der Waals surface area contributed by atoms with Crippen LogP contribution in [0.5, 0.6) is 0 Å². The molecule has 4 nitrogen and oxygen atoms in total. The number of aromatic nitrogens is 1. The number of amides is 1. The zero-order valence-corrected chi connectivity index (χ0v) is 23.8. The lowest BCUT2D eigenvalue weighted by molar-refractivity contribution is 0.0950. The first kappa shape index (κ1) is 27.5. The molecule has 1 saturated carbocycles. The van der Waals surface area contributed by atoms with E-state index in [-0.39, 0.29) is 16.7 Å². The van der Waals surface area contributed by atoms with Crippen molar-refractivity contribution < 1.29 is 4.79 Å². The number of carbonyl (C=O) groups is 1. The van der Waals surface area contributed by atoms with Crippen molar-refractivity contribution in [2.45, 2.75) is 97.9 Å². The quantitative estimate of drug-likeness (QED) is 0.467. The summed E-state index contributed by atoms with van der Waals surface area (Å²) in [6.45, 7) is 18.3. The summed E-state index contributed by atoms with van der Waals surface area (Å²) in [6, 6.07) is 9.24. The summed E-state index contributed by atoms with van der Waals surface area (Å²) in [5.74, 6) is 0.724. The van der Waals surface area contributed by atoms with E-state index in [9.17, 15) is 4.79 Å². The smallest absolute Gasteiger partial charge is 0.253 e. The molecule has 0 bridgehead atoms. The normalized spacial score (nSPS) is 15.6. The molecule has 0 unspecified atom stereocenters. The van der Waals surface area contributed by atoms with Crippen molar-refractivity contribution in [2.24, 2.45) is 5.92 Å². The highest BCUT2D eigenvalue weighted by Crippen LogP contribution is 2.36. The first-order valence-corrected chi connectivity index (χ1v) is 13.6. The summed E-state index contributed by atoms with van der Waals surface area (Å²) >= 11 is 0. The molecular weight excluding hydrogens is 430 g/mol. The lowest BCUT2D eigenvalue weighted by atomic mass is 9.79.